The van der Waals surface area contributed by atoms with Gasteiger partial charge in [0.25, 0.3) is 0 Å². The number of hydrogen-bond donors (Lipinski definition) is 0. The molecule has 0 radical (unpaired) electrons. The average Bonchev–Trinajstić information content (AvgIpc) is 2.05. The van der Waals surface area contributed by atoms with Gasteiger partial charge in [0.1, 0.15) is 6.10 Å². The van der Waals surface area contributed by atoms with Crippen LogP contribution in [0.1, 0.15) is 20.3 Å². The first-order valence-electron chi connectivity index (χ1n) is 3.94. The zero-order valence-electron chi connectivity index (χ0n) is 7.17. The van der Waals surface area contributed by atoms with E-state index in [2.05, 4.69) is 6.07 Å². The molecule has 0 N–H and O–H groups in total. The van der Waals surface area contributed by atoms with Crippen molar-refractivity contribution in [3.05, 3.63) is 0 Å². The van der Waals surface area contributed by atoms with E-state index in [0.29, 0.717) is 19.8 Å². The molecule has 0 aliphatic heterocycles. The fourth-order valence-electron chi connectivity index (χ4n) is 0.640. The second-order valence-corrected chi connectivity index (χ2v) is 2.09. The van der Waals surface area contributed by atoms with Crippen LogP contribution in [0.5, 0.6) is 0 Å². The SMILES string of the molecule is CCOCCOC(C#N)CC. The maximum absolute atomic E-state index is 8.47. The highest BCUT2D eigenvalue weighted by molar-refractivity contribution is 4.82. The summed E-state index contributed by atoms with van der Waals surface area (Å²) in [6.45, 7) is 5.65. The molecule has 11 heavy (non-hydrogen) atoms. The Morgan fingerprint density at radius 3 is 2.55 bits per heavy atom. The Kier molecular flexibility index (Phi) is 7.11. The molecule has 64 valence electrons. The Labute approximate surface area is 67.9 Å². The lowest BCUT2D eigenvalue weighted by atomic mass is 10.3. The van der Waals surface area contributed by atoms with Gasteiger partial charge < -0.3 is 9.47 Å². The molecule has 1 unspecified atom stereocenters. The Morgan fingerprint density at radius 1 is 1.36 bits per heavy atom. The number of rotatable bonds is 6. The summed E-state index contributed by atoms with van der Waals surface area (Å²) < 4.78 is 10.2. The molecule has 0 aliphatic rings. The molecule has 0 saturated heterocycles. The van der Waals surface area contributed by atoms with Crippen LogP contribution < -0.4 is 0 Å². The van der Waals surface area contributed by atoms with Crippen LogP contribution >= 0.6 is 0 Å². The lowest BCUT2D eigenvalue weighted by Crippen LogP contribution is -2.13. The van der Waals surface area contributed by atoms with E-state index in [0.717, 1.165) is 6.42 Å². The van der Waals surface area contributed by atoms with Gasteiger partial charge in [0.05, 0.1) is 19.3 Å². The van der Waals surface area contributed by atoms with E-state index in [9.17, 15) is 0 Å². The monoisotopic (exact) mass is 157 g/mol. The van der Waals surface area contributed by atoms with Crippen molar-refractivity contribution in [1.29, 1.82) is 5.26 Å². The molecule has 0 aromatic rings. The molecule has 1 atom stereocenters. The van der Waals surface area contributed by atoms with Crippen LogP contribution in [0.2, 0.25) is 0 Å². The maximum atomic E-state index is 8.47. The minimum Gasteiger partial charge on any atom is -0.379 e. The smallest absolute Gasteiger partial charge is 0.143 e. The molecule has 0 spiro atoms. The highest BCUT2D eigenvalue weighted by atomic mass is 16.5. The molecule has 3 heteroatoms. The number of hydrogen-bond acceptors (Lipinski definition) is 3. The lowest BCUT2D eigenvalue weighted by Gasteiger charge is -2.07. The normalized spacial score (nSPS) is 12.5. The second kappa shape index (κ2) is 7.52. The van der Waals surface area contributed by atoms with Gasteiger partial charge in [-0.2, -0.15) is 5.26 Å². The zero-order chi connectivity index (χ0) is 8.53. The molecule has 0 aromatic heterocycles. The summed E-state index contributed by atoms with van der Waals surface area (Å²) in [6.07, 6.45) is 0.471. The summed E-state index contributed by atoms with van der Waals surface area (Å²) in [7, 11) is 0. The van der Waals surface area contributed by atoms with Gasteiger partial charge in [0.2, 0.25) is 0 Å². The largest absolute Gasteiger partial charge is 0.379 e. The van der Waals surface area contributed by atoms with Gasteiger partial charge in [-0.05, 0) is 13.3 Å². The molecular formula is C8H15NO2. The molecule has 0 rings (SSSR count). The van der Waals surface area contributed by atoms with E-state index in [-0.39, 0.29) is 6.10 Å². The van der Waals surface area contributed by atoms with Gasteiger partial charge in [-0.3, -0.25) is 0 Å². The first-order chi connectivity index (χ1) is 5.35. The van der Waals surface area contributed by atoms with Gasteiger partial charge in [-0.1, -0.05) is 6.92 Å². The van der Waals surface area contributed by atoms with Crippen LogP contribution in [0.4, 0.5) is 0 Å². The molecule has 3 nitrogen and oxygen atoms in total. The van der Waals surface area contributed by atoms with Crippen molar-refractivity contribution in [3.63, 3.8) is 0 Å². The molecule has 0 heterocycles. The van der Waals surface area contributed by atoms with E-state index in [1.165, 1.54) is 0 Å². The summed E-state index contributed by atoms with van der Waals surface area (Å²) in [5.74, 6) is 0. The molecule has 0 bridgehead atoms. The van der Waals surface area contributed by atoms with Gasteiger partial charge in [0, 0.05) is 6.61 Å². The molecular weight excluding hydrogens is 142 g/mol. The van der Waals surface area contributed by atoms with E-state index in [1.807, 2.05) is 13.8 Å². The topological polar surface area (TPSA) is 42.2 Å². The summed E-state index contributed by atoms with van der Waals surface area (Å²) in [4.78, 5) is 0. The summed E-state index contributed by atoms with van der Waals surface area (Å²) >= 11 is 0. The van der Waals surface area contributed by atoms with Crippen LogP contribution in [0.15, 0.2) is 0 Å². The first kappa shape index (κ1) is 10.4. The molecule has 0 amide bonds. The van der Waals surface area contributed by atoms with Gasteiger partial charge in [-0.15, -0.1) is 0 Å². The fourth-order valence-corrected chi connectivity index (χ4v) is 0.640. The van der Waals surface area contributed by atoms with Crippen molar-refractivity contribution in [2.45, 2.75) is 26.4 Å². The van der Waals surface area contributed by atoms with Crippen LogP contribution in [0.3, 0.4) is 0 Å². The highest BCUT2D eigenvalue weighted by Crippen LogP contribution is 1.94. The number of nitriles is 1. The quantitative estimate of drug-likeness (QED) is 0.546. The molecule has 0 aromatic carbocycles. The lowest BCUT2D eigenvalue weighted by molar-refractivity contribution is 0.0285. The summed E-state index contributed by atoms with van der Waals surface area (Å²) in [6, 6.07) is 2.05. The Morgan fingerprint density at radius 2 is 2.09 bits per heavy atom. The van der Waals surface area contributed by atoms with E-state index >= 15 is 0 Å². The number of ether oxygens (including phenoxy) is 2. The summed E-state index contributed by atoms with van der Waals surface area (Å²) in [5.41, 5.74) is 0. The van der Waals surface area contributed by atoms with E-state index in [4.69, 9.17) is 14.7 Å². The molecule has 0 saturated carbocycles. The van der Waals surface area contributed by atoms with Gasteiger partial charge in [0.15, 0.2) is 0 Å². The minimum atomic E-state index is -0.268. The zero-order valence-corrected chi connectivity index (χ0v) is 7.17. The van der Waals surface area contributed by atoms with Crippen molar-refractivity contribution in [3.8, 4) is 6.07 Å². The Hall–Kier alpha value is -0.590. The maximum Gasteiger partial charge on any atom is 0.143 e. The van der Waals surface area contributed by atoms with E-state index < -0.39 is 0 Å². The van der Waals surface area contributed by atoms with Crippen molar-refractivity contribution in [2.24, 2.45) is 0 Å². The van der Waals surface area contributed by atoms with E-state index in [1.54, 1.807) is 0 Å². The van der Waals surface area contributed by atoms with Crippen LogP contribution in [-0.2, 0) is 9.47 Å². The van der Waals surface area contributed by atoms with Crippen LogP contribution in [0.25, 0.3) is 0 Å². The van der Waals surface area contributed by atoms with Crippen molar-refractivity contribution in [1.82, 2.24) is 0 Å². The predicted molar refractivity (Wildman–Crippen MR) is 42.1 cm³/mol. The minimum absolute atomic E-state index is 0.268. The molecule has 0 fully saturated rings. The van der Waals surface area contributed by atoms with Crippen LogP contribution in [-0.4, -0.2) is 25.9 Å². The third kappa shape index (κ3) is 5.84. The number of nitrogens with zero attached hydrogens (tertiary/aromatic N) is 1. The standard InChI is InChI=1S/C8H15NO2/c1-3-8(7-9)11-6-5-10-4-2/h8H,3-6H2,1-2H3. The van der Waals surface area contributed by atoms with Crippen molar-refractivity contribution >= 4 is 0 Å². The van der Waals surface area contributed by atoms with Gasteiger partial charge >= 0.3 is 0 Å². The third-order valence-corrected chi connectivity index (χ3v) is 1.27. The van der Waals surface area contributed by atoms with Gasteiger partial charge in [-0.25, -0.2) is 0 Å². The van der Waals surface area contributed by atoms with Crippen molar-refractivity contribution < 1.29 is 9.47 Å². The summed E-state index contributed by atoms with van der Waals surface area (Å²) in [5, 5.41) is 8.47. The molecule has 0 aliphatic carbocycles. The Bertz CT molecular complexity index is 120. The van der Waals surface area contributed by atoms with Crippen molar-refractivity contribution in [2.75, 3.05) is 19.8 Å². The third-order valence-electron chi connectivity index (χ3n) is 1.27. The second-order valence-electron chi connectivity index (χ2n) is 2.09. The highest BCUT2D eigenvalue weighted by Gasteiger charge is 2.01. The first-order valence-corrected chi connectivity index (χ1v) is 3.94. The predicted octanol–water partition coefficient (Wildman–Crippen LogP) is 1.34. The Balaban J connectivity index is 3.16. The fraction of sp³-hybridized carbons (Fsp3) is 0.875. The average molecular weight is 157 g/mol. The van der Waals surface area contributed by atoms with Crippen LogP contribution in [0, 0.1) is 11.3 Å².